The van der Waals surface area contributed by atoms with Crippen molar-refractivity contribution in [3.8, 4) is 0 Å². The topological polar surface area (TPSA) is 55.8 Å². The summed E-state index contributed by atoms with van der Waals surface area (Å²) in [6.45, 7) is 1.92. The molecule has 0 aliphatic carbocycles. The highest BCUT2D eigenvalue weighted by Gasteiger charge is 2.26. The van der Waals surface area contributed by atoms with Gasteiger partial charge in [-0.25, -0.2) is 4.79 Å². The van der Waals surface area contributed by atoms with E-state index in [1.807, 2.05) is 0 Å². The fourth-order valence-corrected chi connectivity index (χ4v) is 0.832. The number of hydrogen-bond donors (Lipinski definition) is 0. The van der Waals surface area contributed by atoms with Gasteiger partial charge in [0.15, 0.2) is 0 Å². The summed E-state index contributed by atoms with van der Waals surface area (Å²) in [5.41, 5.74) is 0. The first-order chi connectivity index (χ1) is 5.07. The summed E-state index contributed by atoms with van der Waals surface area (Å²) in [4.78, 5) is 11.8. The van der Waals surface area contributed by atoms with E-state index in [0.717, 1.165) is 0 Å². The zero-order valence-corrected chi connectivity index (χ0v) is 7.63. The van der Waals surface area contributed by atoms with Gasteiger partial charge in [0.25, 0.3) is 0 Å². The molecule has 0 heterocycles. The molecular weight excluding hydrogens is 169 g/mol. The van der Waals surface area contributed by atoms with Gasteiger partial charge in [-0.15, -0.1) is 4.52 Å². The smallest absolute Gasteiger partial charge is 0.311 e. The molecule has 0 aromatic heterocycles. The average molecular weight is 180 g/mol. The van der Waals surface area contributed by atoms with Crippen LogP contribution in [0, 0.1) is 0 Å². The molecule has 0 radical (unpaired) electrons. The normalized spacial score (nSPS) is 10.6. The van der Waals surface area contributed by atoms with Crippen LogP contribution in [0.15, 0.2) is 0 Å². The van der Waals surface area contributed by atoms with Crippen molar-refractivity contribution >= 4 is 14.3 Å². The highest BCUT2D eigenvalue weighted by molar-refractivity contribution is 7.34. The van der Waals surface area contributed by atoms with Crippen LogP contribution < -0.4 is 0 Å². The first kappa shape index (κ1) is 10.3. The number of hydrogen-bond acceptors (Lipinski definition) is 4. The fraction of sp³-hybridized carbons (Fsp3) is 0.800. The van der Waals surface area contributed by atoms with Crippen molar-refractivity contribution in [2.24, 2.45) is 0 Å². The maximum Gasteiger partial charge on any atom is 0.755 e. The minimum Gasteiger partial charge on any atom is -0.311 e. The second-order valence-electron chi connectivity index (χ2n) is 1.89. The summed E-state index contributed by atoms with van der Waals surface area (Å²) in [5.74, 6) is 0. The van der Waals surface area contributed by atoms with Gasteiger partial charge in [-0.3, -0.25) is 0 Å². The number of amides is 1. The average Bonchev–Trinajstić information content (AvgIpc) is 1.87. The molecule has 0 saturated heterocycles. The lowest BCUT2D eigenvalue weighted by molar-refractivity contribution is 0.163. The van der Waals surface area contributed by atoms with Crippen molar-refractivity contribution in [2.75, 3.05) is 20.7 Å². The summed E-state index contributed by atoms with van der Waals surface area (Å²) >= 11 is 0. The molecule has 1 atom stereocenters. The third kappa shape index (κ3) is 4.70. The maximum atomic E-state index is 10.7. The Morgan fingerprint density at radius 3 is 2.45 bits per heavy atom. The number of carbonyl (C=O) groups is 1. The lowest BCUT2D eigenvalue weighted by Gasteiger charge is -2.01. The van der Waals surface area contributed by atoms with Crippen molar-refractivity contribution in [1.82, 2.24) is 4.90 Å². The van der Waals surface area contributed by atoms with Gasteiger partial charge in [-0.05, 0) is 6.92 Å². The van der Waals surface area contributed by atoms with Crippen LogP contribution in [0.25, 0.3) is 0 Å². The molecule has 0 rings (SSSR count). The maximum absolute atomic E-state index is 10.7. The van der Waals surface area contributed by atoms with Gasteiger partial charge in [-0.1, -0.05) is 0 Å². The van der Waals surface area contributed by atoms with Gasteiger partial charge in [0, 0.05) is 18.7 Å². The molecule has 0 aromatic carbocycles. The van der Waals surface area contributed by atoms with E-state index in [-0.39, 0.29) is 6.61 Å². The molecule has 0 aromatic rings. The summed E-state index contributed by atoms with van der Waals surface area (Å²) in [7, 11) is 0.701. The lowest BCUT2D eigenvalue weighted by Crippen LogP contribution is -2.20. The molecule has 0 saturated carbocycles. The van der Waals surface area contributed by atoms with Crippen LogP contribution in [0.5, 0.6) is 0 Å². The van der Waals surface area contributed by atoms with E-state index in [1.54, 1.807) is 6.92 Å². The fourth-order valence-electron chi connectivity index (χ4n) is 0.277. The zero-order chi connectivity index (χ0) is 8.85. The van der Waals surface area contributed by atoms with Gasteiger partial charge in [0.1, 0.15) is 6.61 Å². The van der Waals surface area contributed by atoms with E-state index in [4.69, 9.17) is 0 Å². The molecule has 0 aliphatic rings. The molecule has 1 unspecified atom stereocenters. The number of carbonyl (C=O) groups excluding carboxylic acids is 1. The Hall–Kier alpha value is -0.670. The standard InChI is InChI=1S/C5H11NO4P/c1-4-9-11(8)10-5(7)6(2)3/h4H2,1-3H3/q+1. The Kier molecular flexibility index (Phi) is 4.74. The Morgan fingerprint density at radius 1 is 1.55 bits per heavy atom. The summed E-state index contributed by atoms with van der Waals surface area (Å²) in [5, 5.41) is 0. The third-order valence-electron chi connectivity index (χ3n) is 0.752. The molecule has 1 amide bonds. The van der Waals surface area contributed by atoms with Gasteiger partial charge >= 0.3 is 14.3 Å². The van der Waals surface area contributed by atoms with Crippen molar-refractivity contribution in [2.45, 2.75) is 6.92 Å². The van der Waals surface area contributed by atoms with Gasteiger partial charge < -0.3 is 4.90 Å². The Bertz CT molecular complexity index is 159. The van der Waals surface area contributed by atoms with E-state index < -0.39 is 14.3 Å². The Balaban J connectivity index is 3.67. The molecule has 0 bridgehead atoms. The second kappa shape index (κ2) is 5.04. The Morgan fingerprint density at radius 2 is 2.09 bits per heavy atom. The highest BCUT2D eigenvalue weighted by Crippen LogP contribution is 2.23. The minimum atomic E-state index is -2.29. The van der Waals surface area contributed by atoms with Crippen LogP contribution in [0.2, 0.25) is 0 Å². The van der Waals surface area contributed by atoms with Gasteiger partial charge in [-0.2, -0.15) is 4.52 Å². The predicted octanol–water partition coefficient (Wildman–Crippen LogP) is 1.38. The molecule has 0 N–H and O–H groups in total. The van der Waals surface area contributed by atoms with Crippen LogP contribution in [0.3, 0.4) is 0 Å². The van der Waals surface area contributed by atoms with Gasteiger partial charge in [0.05, 0.1) is 0 Å². The summed E-state index contributed by atoms with van der Waals surface area (Å²) in [6.07, 6.45) is -0.667. The third-order valence-corrected chi connectivity index (χ3v) is 1.53. The van der Waals surface area contributed by atoms with Crippen molar-refractivity contribution in [1.29, 1.82) is 0 Å². The van der Waals surface area contributed by atoms with Crippen LogP contribution in [0.1, 0.15) is 6.92 Å². The van der Waals surface area contributed by atoms with E-state index in [2.05, 4.69) is 9.05 Å². The highest BCUT2D eigenvalue weighted by atomic mass is 31.1. The largest absolute Gasteiger partial charge is 0.755 e. The van der Waals surface area contributed by atoms with E-state index in [1.165, 1.54) is 19.0 Å². The van der Waals surface area contributed by atoms with Crippen molar-refractivity contribution in [3.05, 3.63) is 0 Å². The van der Waals surface area contributed by atoms with Crippen LogP contribution >= 0.6 is 8.25 Å². The molecule has 6 heteroatoms. The molecule has 0 spiro atoms. The zero-order valence-electron chi connectivity index (χ0n) is 6.73. The minimum absolute atomic E-state index is 0.260. The van der Waals surface area contributed by atoms with Crippen LogP contribution in [0.4, 0.5) is 4.79 Å². The van der Waals surface area contributed by atoms with Crippen LogP contribution in [-0.2, 0) is 13.6 Å². The number of nitrogens with zero attached hydrogens (tertiary/aromatic N) is 1. The first-order valence-corrected chi connectivity index (χ1v) is 4.17. The second-order valence-corrected chi connectivity index (χ2v) is 2.78. The molecule has 64 valence electrons. The monoisotopic (exact) mass is 180 g/mol. The van der Waals surface area contributed by atoms with Gasteiger partial charge in [0.2, 0.25) is 0 Å². The Labute approximate surface area is 66.2 Å². The van der Waals surface area contributed by atoms with E-state index in [9.17, 15) is 9.36 Å². The summed E-state index contributed by atoms with van der Waals surface area (Å²) in [6, 6.07) is 0. The molecule has 0 fully saturated rings. The SMILES string of the molecule is CCO[P+](=O)OC(=O)N(C)C. The predicted molar refractivity (Wildman–Crippen MR) is 39.4 cm³/mol. The van der Waals surface area contributed by atoms with Crippen molar-refractivity contribution in [3.63, 3.8) is 0 Å². The number of rotatable bonds is 3. The molecule has 11 heavy (non-hydrogen) atoms. The quantitative estimate of drug-likeness (QED) is 0.615. The van der Waals surface area contributed by atoms with Crippen molar-refractivity contribution < 1.29 is 18.4 Å². The molecule has 5 nitrogen and oxygen atoms in total. The molecular formula is C5H11NO4P+. The first-order valence-electron chi connectivity index (χ1n) is 3.07. The molecule has 0 aliphatic heterocycles. The summed E-state index contributed by atoms with van der Waals surface area (Å²) < 4.78 is 19.4. The van der Waals surface area contributed by atoms with E-state index in [0.29, 0.717) is 0 Å². The lowest BCUT2D eigenvalue weighted by atomic mass is 10.9. The van der Waals surface area contributed by atoms with Crippen LogP contribution in [-0.4, -0.2) is 31.7 Å². The van der Waals surface area contributed by atoms with E-state index >= 15 is 0 Å².